The van der Waals surface area contributed by atoms with E-state index in [9.17, 15) is 4.79 Å². The van der Waals surface area contributed by atoms with Gasteiger partial charge in [-0.3, -0.25) is 4.79 Å². The fourth-order valence-corrected chi connectivity index (χ4v) is 2.29. The van der Waals surface area contributed by atoms with Crippen molar-refractivity contribution in [1.29, 1.82) is 0 Å². The molecule has 2 rings (SSSR count). The summed E-state index contributed by atoms with van der Waals surface area (Å²) in [6.07, 6.45) is 1.50. The molecule has 0 saturated heterocycles. The number of carbonyl (C=O) groups excluding carboxylic acids is 1. The minimum atomic E-state index is -0.328. The number of hydrogen-bond acceptors (Lipinski definition) is 4. The molecule has 0 unspecified atom stereocenters. The van der Waals surface area contributed by atoms with Gasteiger partial charge in [0, 0.05) is 23.1 Å². The Bertz CT molecular complexity index is 615. The maximum atomic E-state index is 11.9. The van der Waals surface area contributed by atoms with Gasteiger partial charge in [-0.2, -0.15) is 0 Å². The lowest BCUT2D eigenvalue weighted by atomic mass is 10.2. The highest BCUT2D eigenvalue weighted by Gasteiger charge is 2.16. The van der Waals surface area contributed by atoms with E-state index in [1.807, 2.05) is 25.1 Å². The van der Waals surface area contributed by atoms with E-state index >= 15 is 0 Å². The average Bonchev–Trinajstić information content (AvgIpc) is 2.38. The van der Waals surface area contributed by atoms with Gasteiger partial charge in [0.25, 0.3) is 0 Å². The van der Waals surface area contributed by atoms with Gasteiger partial charge in [0.15, 0.2) is 0 Å². The van der Waals surface area contributed by atoms with E-state index in [1.54, 1.807) is 19.0 Å². The van der Waals surface area contributed by atoms with E-state index in [0.29, 0.717) is 5.82 Å². The van der Waals surface area contributed by atoms with E-state index in [2.05, 4.69) is 37.9 Å². The molecule has 1 heterocycles. The third kappa shape index (κ3) is 3.12. The predicted octanol–water partition coefficient (Wildman–Crippen LogP) is 2.12. The summed E-state index contributed by atoms with van der Waals surface area (Å²) in [5.41, 5.74) is 0.863. The molecule has 19 heavy (non-hydrogen) atoms. The van der Waals surface area contributed by atoms with E-state index < -0.39 is 0 Å². The number of benzene rings is 1. The molecule has 1 atom stereocenters. The number of anilines is 1. The second kappa shape index (κ2) is 5.68. The van der Waals surface area contributed by atoms with Crippen molar-refractivity contribution in [2.45, 2.75) is 13.0 Å². The van der Waals surface area contributed by atoms with E-state index in [4.69, 9.17) is 0 Å². The molecule has 1 aromatic heterocycles. The van der Waals surface area contributed by atoms with E-state index in [0.717, 1.165) is 14.5 Å². The molecule has 0 aliphatic carbocycles. The zero-order valence-electron chi connectivity index (χ0n) is 11.0. The number of rotatable bonds is 3. The van der Waals surface area contributed by atoms with Crippen LogP contribution in [0.1, 0.15) is 6.92 Å². The number of aromatic nitrogens is 2. The van der Waals surface area contributed by atoms with Gasteiger partial charge >= 0.3 is 0 Å². The number of fused-ring (bicyclic) bond motifs is 1. The number of halogens is 1. The molecule has 0 aliphatic heterocycles. The summed E-state index contributed by atoms with van der Waals surface area (Å²) in [7, 11) is 3.48. The fourth-order valence-electron chi connectivity index (χ4n) is 1.80. The number of likely N-dealkylation sites (N-methyl/N-ethyl adjacent to an activating group) is 1. The zero-order chi connectivity index (χ0) is 14.0. The number of hydrogen-bond donors (Lipinski definition) is 1. The van der Waals surface area contributed by atoms with Crippen LogP contribution in [0, 0.1) is 3.57 Å². The van der Waals surface area contributed by atoms with Gasteiger partial charge in [-0.1, -0.05) is 0 Å². The lowest BCUT2D eigenvalue weighted by molar-refractivity contribution is -0.129. The molecule has 0 aliphatic rings. The topological polar surface area (TPSA) is 58.1 Å². The van der Waals surface area contributed by atoms with Gasteiger partial charge in [-0.25, -0.2) is 9.97 Å². The molecule has 6 heteroatoms. The number of amides is 1. The van der Waals surface area contributed by atoms with Crippen molar-refractivity contribution in [3.8, 4) is 0 Å². The average molecular weight is 370 g/mol. The van der Waals surface area contributed by atoms with E-state index in [1.165, 1.54) is 6.33 Å². The maximum Gasteiger partial charge on any atom is 0.244 e. The van der Waals surface area contributed by atoms with Crippen LogP contribution in [0.4, 0.5) is 5.82 Å². The summed E-state index contributed by atoms with van der Waals surface area (Å²) in [6.45, 7) is 1.82. The Morgan fingerprint density at radius 2 is 2.11 bits per heavy atom. The van der Waals surface area contributed by atoms with Gasteiger partial charge in [0.2, 0.25) is 5.91 Å². The van der Waals surface area contributed by atoms with E-state index in [-0.39, 0.29) is 11.9 Å². The summed E-state index contributed by atoms with van der Waals surface area (Å²) < 4.78 is 1.11. The Morgan fingerprint density at radius 3 is 2.79 bits per heavy atom. The van der Waals surface area contributed by atoms with Gasteiger partial charge in [-0.05, 0) is 47.7 Å². The molecule has 0 spiro atoms. The first-order chi connectivity index (χ1) is 8.99. The van der Waals surface area contributed by atoms with Gasteiger partial charge in [0.1, 0.15) is 18.2 Å². The smallest absolute Gasteiger partial charge is 0.244 e. The molecule has 0 radical (unpaired) electrons. The lowest BCUT2D eigenvalue weighted by Gasteiger charge is -2.19. The van der Waals surface area contributed by atoms with Gasteiger partial charge in [-0.15, -0.1) is 0 Å². The van der Waals surface area contributed by atoms with Crippen molar-refractivity contribution in [3.63, 3.8) is 0 Å². The van der Waals surface area contributed by atoms with Crippen molar-refractivity contribution < 1.29 is 4.79 Å². The van der Waals surface area contributed by atoms with Crippen molar-refractivity contribution in [2.75, 3.05) is 19.4 Å². The fraction of sp³-hybridized carbons (Fsp3) is 0.308. The Hall–Kier alpha value is -1.44. The van der Waals surface area contributed by atoms with Crippen LogP contribution in [0.2, 0.25) is 0 Å². The van der Waals surface area contributed by atoms with Crippen LogP contribution in [0.25, 0.3) is 10.9 Å². The highest BCUT2D eigenvalue weighted by molar-refractivity contribution is 14.1. The van der Waals surface area contributed by atoms with Crippen LogP contribution in [0.3, 0.4) is 0 Å². The molecule has 0 bridgehead atoms. The third-order valence-corrected chi connectivity index (χ3v) is 3.43. The first kappa shape index (κ1) is 14.0. The van der Waals surface area contributed by atoms with Crippen molar-refractivity contribution >= 4 is 45.2 Å². The van der Waals surface area contributed by atoms with Crippen LogP contribution < -0.4 is 5.32 Å². The summed E-state index contributed by atoms with van der Waals surface area (Å²) in [6, 6.07) is 5.62. The van der Waals surface area contributed by atoms with Crippen LogP contribution in [-0.4, -0.2) is 40.9 Å². The predicted molar refractivity (Wildman–Crippen MR) is 84.0 cm³/mol. The van der Waals surface area contributed by atoms with Crippen molar-refractivity contribution in [2.24, 2.45) is 0 Å². The first-order valence-electron chi connectivity index (χ1n) is 5.87. The number of nitrogens with zero attached hydrogens (tertiary/aromatic N) is 3. The summed E-state index contributed by atoms with van der Waals surface area (Å²) in [5, 5.41) is 4.07. The molecule has 1 amide bonds. The molecule has 100 valence electrons. The molecule has 1 aromatic carbocycles. The SMILES string of the molecule is C[C@H](Nc1ncnc2ccc(I)cc12)C(=O)N(C)C. The van der Waals surface area contributed by atoms with Crippen molar-refractivity contribution in [3.05, 3.63) is 28.1 Å². The summed E-state index contributed by atoms with van der Waals surface area (Å²) >= 11 is 2.24. The Balaban J connectivity index is 2.35. The molecule has 2 aromatic rings. The normalized spacial score (nSPS) is 12.2. The van der Waals surface area contributed by atoms with Crippen LogP contribution in [0.15, 0.2) is 24.5 Å². The minimum Gasteiger partial charge on any atom is -0.358 e. The second-order valence-electron chi connectivity index (χ2n) is 4.48. The first-order valence-corrected chi connectivity index (χ1v) is 6.95. The minimum absolute atomic E-state index is 0.0115. The third-order valence-electron chi connectivity index (χ3n) is 2.76. The molecule has 0 fully saturated rings. The molecular formula is C13H15IN4O. The van der Waals surface area contributed by atoms with Crippen molar-refractivity contribution in [1.82, 2.24) is 14.9 Å². The van der Waals surface area contributed by atoms with Crippen LogP contribution >= 0.6 is 22.6 Å². The van der Waals surface area contributed by atoms with Crippen LogP contribution in [-0.2, 0) is 4.79 Å². The summed E-state index contributed by atoms with van der Waals surface area (Å²) in [4.78, 5) is 21.9. The molecule has 1 N–H and O–H groups in total. The second-order valence-corrected chi connectivity index (χ2v) is 5.73. The molecule has 5 nitrogen and oxygen atoms in total. The zero-order valence-corrected chi connectivity index (χ0v) is 13.2. The monoisotopic (exact) mass is 370 g/mol. The standard InChI is InChI=1S/C13H15IN4O/c1-8(13(19)18(2)3)17-12-10-6-9(14)4-5-11(10)15-7-16-12/h4-8H,1-3H3,(H,15,16,17)/t8-/m0/s1. The van der Waals surface area contributed by atoms with Crippen LogP contribution in [0.5, 0.6) is 0 Å². The quantitative estimate of drug-likeness (QED) is 0.842. The maximum absolute atomic E-state index is 11.9. The highest BCUT2D eigenvalue weighted by atomic mass is 127. The van der Waals surface area contributed by atoms with Gasteiger partial charge in [0.05, 0.1) is 5.52 Å². The van der Waals surface area contributed by atoms with Gasteiger partial charge < -0.3 is 10.2 Å². The number of carbonyl (C=O) groups is 1. The Labute approximate surface area is 125 Å². The lowest BCUT2D eigenvalue weighted by Crippen LogP contribution is -2.36. The summed E-state index contributed by atoms with van der Waals surface area (Å²) in [5.74, 6) is 0.698. The number of nitrogens with one attached hydrogen (secondary N) is 1. The molecule has 0 saturated carbocycles. The molecular weight excluding hydrogens is 355 g/mol. The highest BCUT2D eigenvalue weighted by Crippen LogP contribution is 2.22. The largest absolute Gasteiger partial charge is 0.358 e. The Morgan fingerprint density at radius 1 is 1.37 bits per heavy atom. The Kier molecular flexibility index (Phi) is 4.18.